The summed E-state index contributed by atoms with van der Waals surface area (Å²) in [5, 5.41) is 13.2. The molecule has 0 aliphatic rings. The third-order valence-electron chi connectivity index (χ3n) is 3.83. The Bertz CT molecular complexity index is 641. The first-order valence-electron chi connectivity index (χ1n) is 7.63. The van der Waals surface area contributed by atoms with Gasteiger partial charge in [-0.1, -0.05) is 36.4 Å². The number of carbonyl (C=O) groups is 1. The van der Waals surface area contributed by atoms with Crippen molar-refractivity contribution in [1.29, 1.82) is 0 Å². The molecule has 0 saturated carbocycles. The SMILES string of the molecule is CN(CC[N+](C)(C)C)C(=O)C(O)(c1ccccc1)c1cccs1.[Br-]. The Morgan fingerprint density at radius 2 is 1.79 bits per heavy atom. The maximum absolute atomic E-state index is 13.1. The van der Waals surface area contributed by atoms with Crippen LogP contribution in [0.15, 0.2) is 47.8 Å². The van der Waals surface area contributed by atoms with Crippen molar-refractivity contribution >= 4 is 17.2 Å². The van der Waals surface area contributed by atoms with Crippen molar-refractivity contribution in [3.05, 3.63) is 58.3 Å². The normalized spacial score (nSPS) is 13.7. The molecular formula is C18H25BrN2O2S. The predicted octanol–water partition coefficient (Wildman–Crippen LogP) is -0.847. The number of benzene rings is 1. The molecule has 2 aromatic rings. The van der Waals surface area contributed by atoms with Crippen LogP contribution in [0.3, 0.4) is 0 Å². The molecule has 1 unspecified atom stereocenters. The minimum absolute atomic E-state index is 0. The maximum atomic E-state index is 13.1. The van der Waals surface area contributed by atoms with Crippen LogP contribution < -0.4 is 17.0 Å². The molecule has 0 radical (unpaired) electrons. The largest absolute Gasteiger partial charge is 1.00 e. The number of aliphatic hydroxyl groups is 1. The number of quaternary nitrogens is 1. The number of thiophene rings is 1. The van der Waals surface area contributed by atoms with E-state index in [4.69, 9.17) is 0 Å². The fourth-order valence-electron chi connectivity index (χ4n) is 2.36. The Balaban J connectivity index is 0.00000288. The van der Waals surface area contributed by atoms with E-state index in [1.807, 2.05) is 35.7 Å². The Labute approximate surface area is 158 Å². The Morgan fingerprint density at radius 3 is 2.29 bits per heavy atom. The first-order chi connectivity index (χ1) is 10.7. The van der Waals surface area contributed by atoms with Gasteiger partial charge >= 0.3 is 0 Å². The lowest BCUT2D eigenvalue weighted by Crippen LogP contribution is -3.00. The molecule has 1 aromatic carbocycles. The maximum Gasteiger partial charge on any atom is 0.264 e. The molecular weight excluding hydrogens is 388 g/mol. The highest BCUT2D eigenvalue weighted by Gasteiger charge is 2.42. The van der Waals surface area contributed by atoms with E-state index in [0.717, 1.165) is 11.0 Å². The summed E-state index contributed by atoms with van der Waals surface area (Å²) in [7, 11) is 8.00. The van der Waals surface area contributed by atoms with Crippen LogP contribution in [0, 0.1) is 0 Å². The molecule has 24 heavy (non-hydrogen) atoms. The van der Waals surface area contributed by atoms with Crippen LogP contribution in [0.2, 0.25) is 0 Å². The lowest BCUT2D eigenvalue weighted by Gasteiger charge is -2.33. The van der Waals surface area contributed by atoms with E-state index in [0.29, 0.717) is 17.0 Å². The van der Waals surface area contributed by atoms with Gasteiger partial charge in [0.1, 0.15) is 0 Å². The molecule has 1 amide bonds. The van der Waals surface area contributed by atoms with Crippen molar-refractivity contribution in [2.24, 2.45) is 0 Å². The van der Waals surface area contributed by atoms with Crippen molar-refractivity contribution in [1.82, 2.24) is 4.90 Å². The standard InChI is InChI=1S/C18H25N2O2S.BrH/c1-19(12-13-20(2,3)4)17(21)18(22,16-11-8-14-23-16)15-9-6-5-7-10-15;/h5-11,14,22H,12-13H2,1-4H3;1H/q+1;/p-1. The van der Waals surface area contributed by atoms with Gasteiger partial charge in [-0.05, 0) is 17.0 Å². The monoisotopic (exact) mass is 412 g/mol. The highest BCUT2D eigenvalue weighted by atomic mass is 79.9. The molecule has 1 atom stereocenters. The Hall–Kier alpha value is -1.21. The topological polar surface area (TPSA) is 40.5 Å². The van der Waals surface area contributed by atoms with Gasteiger partial charge in [0.05, 0.1) is 39.1 Å². The zero-order valence-corrected chi connectivity index (χ0v) is 17.0. The number of nitrogens with zero attached hydrogens (tertiary/aromatic N) is 2. The van der Waals surface area contributed by atoms with Crippen LogP contribution >= 0.6 is 11.3 Å². The summed E-state index contributed by atoms with van der Waals surface area (Å²) in [5.74, 6) is -0.292. The lowest BCUT2D eigenvalue weighted by molar-refractivity contribution is -0.869. The van der Waals surface area contributed by atoms with Gasteiger partial charge in [-0.2, -0.15) is 0 Å². The van der Waals surface area contributed by atoms with Crippen molar-refractivity contribution in [3.8, 4) is 0 Å². The van der Waals surface area contributed by atoms with Crippen LogP contribution in [0.5, 0.6) is 0 Å². The van der Waals surface area contributed by atoms with E-state index in [2.05, 4.69) is 21.1 Å². The lowest BCUT2D eigenvalue weighted by atomic mass is 9.90. The summed E-state index contributed by atoms with van der Waals surface area (Å²) >= 11 is 1.39. The van der Waals surface area contributed by atoms with Crippen LogP contribution in [0.1, 0.15) is 10.4 Å². The zero-order valence-electron chi connectivity index (χ0n) is 14.6. The number of hydrogen-bond donors (Lipinski definition) is 1. The van der Waals surface area contributed by atoms with E-state index in [9.17, 15) is 9.90 Å². The molecule has 6 heteroatoms. The minimum atomic E-state index is -1.63. The van der Waals surface area contributed by atoms with Gasteiger partial charge in [0.2, 0.25) is 5.60 Å². The van der Waals surface area contributed by atoms with Gasteiger partial charge in [-0.25, -0.2) is 0 Å². The van der Waals surface area contributed by atoms with Gasteiger partial charge in [0.15, 0.2) is 0 Å². The summed E-state index contributed by atoms with van der Waals surface area (Å²) in [6, 6.07) is 12.8. The first kappa shape index (κ1) is 20.8. The number of rotatable bonds is 6. The summed E-state index contributed by atoms with van der Waals surface area (Å²) in [4.78, 5) is 15.3. The second kappa shape index (κ2) is 8.25. The molecule has 4 nitrogen and oxygen atoms in total. The Morgan fingerprint density at radius 1 is 1.17 bits per heavy atom. The minimum Gasteiger partial charge on any atom is -1.00 e. The van der Waals surface area contributed by atoms with Gasteiger partial charge in [-0.15, -0.1) is 11.3 Å². The molecule has 0 saturated heterocycles. The average molecular weight is 413 g/mol. The average Bonchev–Trinajstić information content (AvgIpc) is 3.06. The van der Waals surface area contributed by atoms with Crippen LogP contribution in [0.25, 0.3) is 0 Å². The smallest absolute Gasteiger partial charge is 0.264 e. The predicted molar refractivity (Wildman–Crippen MR) is 94.3 cm³/mol. The molecule has 1 N–H and O–H groups in total. The highest BCUT2D eigenvalue weighted by molar-refractivity contribution is 7.10. The van der Waals surface area contributed by atoms with Crippen LogP contribution in [-0.4, -0.2) is 61.7 Å². The van der Waals surface area contributed by atoms with E-state index in [1.165, 1.54) is 11.3 Å². The second-order valence-electron chi connectivity index (χ2n) is 6.79. The van der Waals surface area contributed by atoms with Crippen molar-refractivity contribution in [2.75, 3.05) is 41.3 Å². The fraction of sp³-hybridized carbons (Fsp3) is 0.389. The summed E-state index contributed by atoms with van der Waals surface area (Å²) < 4.78 is 0.764. The van der Waals surface area contributed by atoms with E-state index in [1.54, 1.807) is 24.1 Å². The van der Waals surface area contributed by atoms with Crippen LogP contribution in [0.4, 0.5) is 0 Å². The number of carbonyl (C=O) groups excluding carboxylic acids is 1. The second-order valence-corrected chi connectivity index (χ2v) is 7.74. The number of hydrogen-bond acceptors (Lipinski definition) is 3. The molecule has 0 aliphatic heterocycles. The third kappa shape index (κ3) is 4.66. The molecule has 2 rings (SSSR count). The molecule has 0 aliphatic carbocycles. The summed E-state index contributed by atoms with van der Waals surface area (Å²) in [6.45, 7) is 1.40. The highest BCUT2D eigenvalue weighted by Crippen LogP contribution is 2.34. The van der Waals surface area contributed by atoms with Gasteiger partial charge in [0.25, 0.3) is 5.91 Å². The van der Waals surface area contributed by atoms with Crippen molar-refractivity contribution < 1.29 is 31.4 Å². The van der Waals surface area contributed by atoms with Crippen molar-refractivity contribution in [3.63, 3.8) is 0 Å². The van der Waals surface area contributed by atoms with Gasteiger partial charge < -0.3 is 31.5 Å². The van der Waals surface area contributed by atoms with E-state index in [-0.39, 0.29) is 22.9 Å². The molecule has 0 bridgehead atoms. The van der Waals surface area contributed by atoms with Crippen LogP contribution in [-0.2, 0) is 10.4 Å². The molecule has 1 aromatic heterocycles. The van der Waals surface area contributed by atoms with Gasteiger partial charge in [0, 0.05) is 7.05 Å². The number of likely N-dealkylation sites (N-methyl/N-ethyl adjacent to an activating group) is 2. The summed E-state index contributed by atoms with van der Waals surface area (Å²) in [6.07, 6.45) is 0. The first-order valence-corrected chi connectivity index (χ1v) is 8.51. The van der Waals surface area contributed by atoms with Gasteiger partial charge in [-0.3, -0.25) is 4.79 Å². The number of amides is 1. The van der Waals surface area contributed by atoms with E-state index < -0.39 is 5.60 Å². The number of halogens is 1. The Kier molecular flexibility index (Phi) is 7.16. The summed E-state index contributed by atoms with van der Waals surface area (Å²) in [5.41, 5.74) is -1.03. The molecule has 0 fully saturated rings. The molecule has 132 valence electrons. The van der Waals surface area contributed by atoms with E-state index >= 15 is 0 Å². The quantitative estimate of drug-likeness (QED) is 0.628. The molecule has 1 heterocycles. The zero-order chi connectivity index (χ0) is 17.1. The fourth-order valence-corrected chi connectivity index (χ4v) is 3.20. The third-order valence-corrected chi connectivity index (χ3v) is 4.81. The molecule has 0 spiro atoms. The van der Waals surface area contributed by atoms with Crippen molar-refractivity contribution in [2.45, 2.75) is 5.60 Å².